The normalized spacial score (nSPS) is 10.9. The van der Waals surface area contributed by atoms with E-state index in [2.05, 4.69) is 25.9 Å². The molecule has 0 saturated heterocycles. The fraction of sp³-hybridized carbons (Fsp3) is 0.115. The maximum Gasteiger partial charge on any atom is 0.416 e. The highest BCUT2D eigenvalue weighted by atomic mass is 19.4. The third-order valence-electron chi connectivity index (χ3n) is 4.99. The summed E-state index contributed by atoms with van der Waals surface area (Å²) in [4.78, 5) is 28.8. The van der Waals surface area contributed by atoms with Gasteiger partial charge < -0.3 is 19.9 Å². The first kappa shape index (κ1) is 26.9. The van der Waals surface area contributed by atoms with Crippen LogP contribution in [0.5, 0.6) is 11.6 Å². The molecule has 2 N–H and O–H groups in total. The Labute approximate surface area is 219 Å². The molecule has 0 aliphatic rings. The second kappa shape index (κ2) is 11.5. The van der Waals surface area contributed by atoms with Crippen molar-refractivity contribution in [1.82, 2.24) is 19.8 Å². The lowest BCUT2D eigenvalue weighted by Gasteiger charge is -2.07. The molecule has 5 rings (SSSR count). The molecular formula is C26H21F3N6O4. The number of fused-ring (bicyclic) bond motifs is 1. The summed E-state index contributed by atoms with van der Waals surface area (Å²) in [7, 11) is 0. The smallest absolute Gasteiger partial charge is 0.416 e. The lowest BCUT2D eigenvalue weighted by atomic mass is 10.1. The fourth-order valence-electron chi connectivity index (χ4n) is 3.26. The van der Waals surface area contributed by atoms with Gasteiger partial charge in [0.2, 0.25) is 11.6 Å². The van der Waals surface area contributed by atoms with Crippen LogP contribution in [0, 0.1) is 0 Å². The van der Waals surface area contributed by atoms with E-state index in [1.54, 1.807) is 36.4 Å². The van der Waals surface area contributed by atoms with Crippen LogP contribution in [0.4, 0.5) is 24.7 Å². The maximum atomic E-state index is 12.7. The molecule has 0 atom stereocenters. The van der Waals surface area contributed by atoms with Crippen molar-refractivity contribution >= 4 is 29.0 Å². The van der Waals surface area contributed by atoms with Crippen molar-refractivity contribution in [3.8, 4) is 11.6 Å². The summed E-state index contributed by atoms with van der Waals surface area (Å²) in [5.41, 5.74) is 0.0348. The largest absolute Gasteiger partial charge is 0.438 e. The van der Waals surface area contributed by atoms with E-state index in [4.69, 9.17) is 9.26 Å². The second-order valence-corrected chi connectivity index (χ2v) is 7.59. The summed E-state index contributed by atoms with van der Waals surface area (Å²) < 4.78 is 50.1. The molecule has 0 aliphatic carbocycles. The van der Waals surface area contributed by atoms with Crippen LogP contribution in [0.15, 0.2) is 83.6 Å². The molecule has 2 aromatic carbocycles. The predicted molar refractivity (Wildman–Crippen MR) is 135 cm³/mol. The van der Waals surface area contributed by atoms with Gasteiger partial charge in [0, 0.05) is 29.4 Å². The molecule has 0 saturated carbocycles. The molecular weight excluding hydrogens is 517 g/mol. The average molecular weight is 538 g/mol. The summed E-state index contributed by atoms with van der Waals surface area (Å²) in [5.74, 6) is -0.315. The van der Waals surface area contributed by atoms with Crippen molar-refractivity contribution in [3.63, 3.8) is 0 Å². The van der Waals surface area contributed by atoms with Crippen molar-refractivity contribution in [2.45, 2.75) is 20.0 Å². The molecule has 5 aromatic rings. The minimum absolute atomic E-state index is 0.0392. The zero-order chi connectivity index (χ0) is 28.0. The van der Waals surface area contributed by atoms with Gasteiger partial charge in [-0.25, -0.2) is 9.50 Å². The number of imidazole rings is 1. The second-order valence-electron chi connectivity index (χ2n) is 7.59. The molecule has 0 bridgehead atoms. The van der Waals surface area contributed by atoms with Crippen molar-refractivity contribution in [2.75, 3.05) is 10.6 Å². The molecule has 39 heavy (non-hydrogen) atoms. The van der Waals surface area contributed by atoms with Gasteiger partial charge in [-0.3, -0.25) is 9.59 Å². The van der Waals surface area contributed by atoms with Gasteiger partial charge in [0.1, 0.15) is 5.75 Å². The van der Waals surface area contributed by atoms with E-state index >= 15 is 0 Å². The lowest BCUT2D eigenvalue weighted by Crippen LogP contribution is -2.13. The monoisotopic (exact) mass is 538 g/mol. The highest BCUT2D eigenvalue weighted by Gasteiger charge is 2.30. The topological polar surface area (TPSA) is 124 Å². The molecule has 3 aromatic heterocycles. The van der Waals surface area contributed by atoms with E-state index in [1.807, 2.05) is 13.8 Å². The Morgan fingerprint density at radius 2 is 1.72 bits per heavy atom. The number of carbonyl (C=O) groups excluding carboxylic acids is 2. The summed E-state index contributed by atoms with van der Waals surface area (Å²) in [6, 6.07) is 15.0. The number of anilines is 2. The van der Waals surface area contributed by atoms with E-state index in [-0.39, 0.29) is 23.0 Å². The Bertz CT molecular complexity index is 1580. The van der Waals surface area contributed by atoms with E-state index in [1.165, 1.54) is 23.0 Å². The SMILES string of the molecule is CC.O=C(Nc1cn2nc(Oc3cccc(NC(=O)c4ccno4)c3)ccc2n1)c1ccc(C(F)(F)F)cc1. The molecule has 10 nitrogen and oxygen atoms in total. The summed E-state index contributed by atoms with van der Waals surface area (Å²) in [5, 5.41) is 13.0. The first-order chi connectivity index (χ1) is 18.7. The van der Waals surface area contributed by atoms with Crippen LogP contribution in [0.3, 0.4) is 0 Å². The number of aromatic nitrogens is 4. The lowest BCUT2D eigenvalue weighted by molar-refractivity contribution is -0.137. The van der Waals surface area contributed by atoms with Gasteiger partial charge in [-0.05, 0) is 42.5 Å². The zero-order valence-corrected chi connectivity index (χ0v) is 20.6. The Kier molecular flexibility index (Phi) is 7.89. The van der Waals surface area contributed by atoms with Crippen LogP contribution in [0.1, 0.15) is 40.3 Å². The molecule has 0 unspecified atom stereocenters. The average Bonchev–Trinajstić information content (AvgIpc) is 3.60. The molecule has 0 aliphatic heterocycles. The van der Waals surface area contributed by atoms with Crippen molar-refractivity contribution < 1.29 is 32.0 Å². The number of nitrogens with one attached hydrogen (secondary N) is 2. The molecule has 2 amide bonds. The Morgan fingerprint density at radius 3 is 2.41 bits per heavy atom. The minimum Gasteiger partial charge on any atom is -0.438 e. The summed E-state index contributed by atoms with van der Waals surface area (Å²) in [6.07, 6.45) is -1.70. The minimum atomic E-state index is -4.49. The van der Waals surface area contributed by atoms with Crippen LogP contribution in [0.25, 0.3) is 5.65 Å². The van der Waals surface area contributed by atoms with Gasteiger partial charge in [0.15, 0.2) is 11.5 Å². The number of nitrogens with zero attached hydrogens (tertiary/aromatic N) is 4. The third kappa shape index (κ3) is 6.57. The predicted octanol–water partition coefficient (Wildman–Crippen LogP) is 6.06. The molecule has 200 valence electrons. The Balaban J connectivity index is 0.00000172. The van der Waals surface area contributed by atoms with E-state index in [0.29, 0.717) is 17.1 Å². The van der Waals surface area contributed by atoms with Gasteiger partial charge in [0.25, 0.3) is 11.8 Å². The van der Waals surface area contributed by atoms with Crippen LogP contribution >= 0.6 is 0 Å². The van der Waals surface area contributed by atoms with E-state index in [0.717, 1.165) is 24.3 Å². The van der Waals surface area contributed by atoms with Crippen LogP contribution in [-0.4, -0.2) is 31.6 Å². The van der Waals surface area contributed by atoms with E-state index in [9.17, 15) is 22.8 Å². The number of alkyl halides is 3. The Hall–Kier alpha value is -5.20. The number of hydrogen-bond acceptors (Lipinski definition) is 7. The number of rotatable bonds is 6. The Morgan fingerprint density at radius 1 is 0.949 bits per heavy atom. The summed E-state index contributed by atoms with van der Waals surface area (Å²) in [6.45, 7) is 4.00. The molecule has 13 heteroatoms. The van der Waals surface area contributed by atoms with Gasteiger partial charge in [0.05, 0.1) is 18.0 Å². The molecule has 0 spiro atoms. The number of amides is 2. The number of halogens is 3. The number of benzene rings is 2. The highest BCUT2D eigenvalue weighted by molar-refractivity contribution is 6.04. The van der Waals surface area contributed by atoms with Gasteiger partial charge in [-0.15, -0.1) is 5.10 Å². The number of carbonyl (C=O) groups is 2. The van der Waals surface area contributed by atoms with Gasteiger partial charge in [-0.2, -0.15) is 13.2 Å². The zero-order valence-electron chi connectivity index (χ0n) is 20.6. The first-order valence-electron chi connectivity index (χ1n) is 11.6. The summed E-state index contributed by atoms with van der Waals surface area (Å²) >= 11 is 0. The molecule has 3 heterocycles. The van der Waals surface area contributed by atoms with E-state index < -0.39 is 23.6 Å². The number of hydrogen-bond donors (Lipinski definition) is 2. The van der Waals surface area contributed by atoms with Gasteiger partial charge >= 0.3 is 6.18 Å². The van der Waals surface area contributed by atoms with Crippen molar-refractivity contribution in [1.29, 1.82) is 0 Å². The molecule has 0 radical (unpaired) electrons. The standard InChI is InChI=1S/C24H15F3N6O4.C2H6/c25-24(26,27)15-6-4-14(5-7-15)22(34)31-19-13-33-20(30-19)8-9-21(32-33)36-17-3-1-2-16(12-17)29-23(35)18-10-11-28-37-18;1-2/h1-13H,(H,29,35)(H,31,34);1-2H3. The van der Waals surface area contributed by atoms with Crippen molar-refractivity contribution in [2.24, 2.45) is 0 Å². The third-order valence-corrected chi connectivity index (χ3v) is 4.99. The number of ether oxygens (including phenoxy) is 1. The first-order valence-corrected chi connectivity index (χ1v) is 11.6. The molecule has 0 fully saturated rings. The van der Waals surface area contributed by atoms with Crippen LogP contribution in [-0.2, 0) is 6.18 Å². The maximum absolute atomic E-state index is 12.7. The van der Waals surface area contributed by atoms with Crippen LogP contribution < -0.4 is 15.4 Å². The van der Waals surface area contributed by atoms with Gasteiger partial charge in [-0.1, -0.05) is 25.1 Å². The van der Waals surface area contributed by atoms with Crippen LogP contribution in [0.2, 0.25) is 0 Å². The quantitative estimate of drug-likeness (QED) is 0.269. The van der Waals surface area contributed by atoms with Crippen molar-refractivity contribution in [3.05, 3.63) is 96.0 Å². The highest BCUT2D eigenvalue weighted by Crippen LogP contribution is 2.29. The fourth-order valence-corrected chi connectivity index (χ4v) is 3.26.